The van der Waals surface area contributed by atoms with Gasteiger partial charge in [0.2, 0.25) is 4.77 Å². The third-order valence-corrected chi connectivity index (χ3v) is 3.74. The molecular weight excluding hydrogens is 316 g/mol. The Labute approximate surface area is 138 Å². The molecule has 0 bridgehead atoms. The van der Waals surface area contributed by atoms with Crippen molar-refractivity contribution in [2.24, 2.45) is 5.10 Å². The molecule has 1 aromatic heterocycles. The number of aromatic nitrogens is 3. The quantitative estimate of drug-likeness (QED) is 0.570. The maximum atomic E-state index is 5.88. The zero-order chi connectivity index (χ0) is 15.5. The van der Waals surface area contributed by atoms with Crippen LogP contribution in [0.25, 0.3) is 11.4 Å². The molecule has 3 rings (SSSR count). The maximum Gasteiger partial charge on any atom is 0.216 e. The molecule has 22 heavy (non-hydrogen) atoms. The van der Waals surface area contributed by atoms with Crippen LogP contribution in [0.5, 0.6) is 0 Å². The van der Waals surface area contributed by atoms with Crippen LogP contribution in [-0.4, -0.2) is 21.1 Å². The van der Waals surface area contributed by atoms with Crippen LogP contribution in [0, 0.1) is 11.7 Å². The lowest BCUT2D eigenvalue weighted by Crippen LogP contribution is -1.96. The fourth-order valence-electron chi connectivity index (χ4n) is 2.07. The van der Waals surface area contributed by atoms with Crippen LogP contribution in [0.4, 0.5) is 0 Å². The predicted molar refractivity (Wildman–Crippen MR) is 92.0 cm³/mol. The standard InChI is InChI=1S/C16H13ClN4S/c1-11-4-2-3-5-14(11)15-19-20-16(22)21(15)18-10-12-6-8-13(17)9-7-12/h2-10H,1H3,(H,20,22)/b18-10-. The molecule has 0 aliphatic heterocycles. The summed E-state index contributed by atoms with van der Waals surface area (Å²) in [5, 5.41) is 12.2. The Morgan fingerprint density at radius 1 is 1.18 bits per heavy atom. The summed E-state index contributed by atoms with van der Waals surface area (Å²) in [6.07, 6.45) is 1.73. The van der Waals surface area contributed by atoms with E-state index in [1.165, 1.54) is 0 Å². The summed E-state index contributed by atoms with van der Waals surface area (Å²) in [5.74, 6) is 0.688. The second kappa shape index (κ2) is 6.25. The predicted octanol–water partition coefficient (Wildman–Crippen LogP) is 4.45. The van der Waals surface area contributed by atoms with Gasteiger partial charge in [-0.2, -0.15) is 14.9 Å². The molecule has 6 heteroatoms. The van der Waals surface area contributed by atoms with Crippen LogP contribution in [0.3, 0.4) is 0 Å². The van der Waals surface area contributed by atoms with Gasteiger partial charge < -0.3 is 0 Å². The molecule has 0 aliphatic carbocycles. The SMILES string of the molecule is Cc1ccccc1-c1n[nH]c(=S)n1/N=C\c1ccc(Cl)cc1. The van der Waals surface area contributed by atoms with Gasteiger partial charge in [0.25, 0.3) is 0 Å². The Balaban J connectivity index is 2.02. The van der Waals surface area contributed by atoms with E-state index in [9.17, 15) is 0 Å². The highest BCUT2D eigenvalue weighted by atomic mass is 35.5. The highest BCUT2D eigenvalue weighted by Crippen LogP contribution is 2.21. The molecule has 0 aliphatic rings. The molecule has 0 saturated heterocycles. The Morgan fingerprint density at radius 3 is 2.64 bits per heavy atom. The first-order valence-electron chi connectivity index (χ1n) is 6.68. The van der Waals surface area contributed by atoms with Crippen LogP contribution in [0.15, 0.2) is 53.6 Å². The normalized spacial score (nSPS) is 11.2. The van der Waals surface area contributed by atoms with Crippen LogP contribution >= 0.6 is 23.8 Å². The minimum atomic E-state index is 0.448. The number of halogens is 1. The van der Waals surface area contributed by atoms with Crippen molar-refractivity contribution >= 4 is 30.0 Å². The molecule has 0 amide bonds. The lowest BCUT2D eigenvalue weighted by Gasteiger charge is -2.04. The first-order chi connectivity index (χ1) is 10.6. The third-order valence-electron chi connectivity index (χ3n) is 3.23. The second-order valence-corrected chi connectivity index (χ2v) is 5.60. The van der Waals surface area contributed by atoms with E-state index >= 15 is 0 Å². The summed E-state index contributed by atoms with van der Waals surface area (Å²) >= 11 is 11.1. The number of H-pyrrole nitrogens is 1. The smallest absolute Gasteiger partial charge is 0.216 e. The first kappa shape index (κ1) is 14.7. The molecule has 2 aromatic carbocycles. The summed E-state index contributed by atoms with van der Waals surface area (Å²) < 4.78 is 2.06. The Bertz CT molecular complexity index is 878. The minimum absolute atomic E-state index is 0.448. The van der Waals surface area contributed by atoms with E-state index in [0.29, 0.717) is 15.6 Å². The summed E-state index contributed by atoms with van der Waals surface area (Å²) in [5.41, 5.74) is 3.03. The fourth-order valence-corrected chi connectivity index (χ4v) is 2.38. The molecule has 1 N–H and O–H groups in total. The van der Waals surface area contributed by atoms with Gasteiger partial charge in [-0.1, -0.05) is 48.0 Å². The van der Waals surface area contributed by atoms with Gasteiger partial charge in [0.1, 0.15) is 0 Å². The van der Waals surface area contributed by atoms with E-state index in [1.54, 1.807) is 10.9 Å². The van der Waals surface area contributed by atoms with Gasteiger partial charge in [-0.15, -0.1) is 0 Å². The van der Waals surface area contributed by atoms with Gasteiger partial charge in [0.05, 0.1) is 6.21 Å². The topological polar surface area (TPSA) is 46.0 Å². The Hall–Kier alpha value is -2.24. The summed E-state index contributed by atoms with van der Waals surface area (Å²) in [4.78, 5) is 0. The number of benzene rings is 2. The number of nitrogens with zero attached hydrogens (tertiary/aromatic N) is 3. The van der Waals surface area contributed by atoms with Crippen LogP contribution in [0.1, 0.15) is 11.1 Å². The first-order valence-corrected chi connectivity index (χ1v) is 7.47. The third kappa shape index (κ3) is 3.00. The van der Waals surface area contributed by atoms with Crippen molar-refractivity contribution in [3.05, 3.63) is 69.5 Å². The molecule has 0 radical (unpaired) electrons. The highest BCUT2D eigenvalue weighted by Gasteiger charge is 2.09. The molecule has 0 spiro atoms. The van der Waals surface area contributed by atoms with Crippen molar-refractivity contribution in [3.63, 3.8) is 0 Å². The Kier molecular flexibility index (Phi) is 4.18. The molecule has 4 nitrogen and oxygen atoms in total. The number of nitrogens with one attached hydrogen (secondary N) is 1. The van der Waals surface area contributed by atoms with E-state index in [1.807, 2.05) is 55.5 Å². The van der Waals surface area contributed by atoms with Crippen molar-refractivity contribution in [2.45, 2.75) is 6.92 Å². The summed E-state index contributed by atoms with van der Waals surface area (Å²) in [6, 6.07) is 15.4. The van der Waals surface area contributed by atoms with Gasteiger partial charge in [0, 0.05) is 10.6 Å². The largest absolute Gasteiger partial charge is 0.250 e. The average Bonchev–Trinajstić information content (AvgIpc) is 2.88. The number of aryl methyl sites for hydroxylation is 1. The summed E-state index contributed by atoms with van der Waals surface area (Å²) in [6.45, 7) is 2.03. The zero-order valence-electron chi connectivity index (χ0n) is 11.8. The summed E-state index contributed by atoms with van der Waals surface area (Å²) in [7, 11) is 0. The van der Waals surface area contributed by atoms with E-state index in [4.69, 9.17) is 23.8 Å². The Morgan fingerprint density at radius 2 is 1.91 bits per heavy atom. The van der Waals surface area contributed by atoms with Crippen LogP contribution in [-0.2, 0) is 0 Å². The van der Waals surface area contributed by atoms with Gasteiger partial charge in [0.15, 0.2) is 5.82 Å². The molecule has 0 unspecified atom stereocenters. The van der Waals surface area contributed by atoms with Crippen LogP contribution in [0.2, 0.25) is 5.02 Å². The highest BCUT2D eigenvalue weighted by molar-refractivity contribution is 7.71. The molecule has 0 fully saturated rings. The van der Waals surface area contributed by atoms with Crippen molar-refractivity contribution in [1.82, 2.24) is 14.9 Å². The van der Waals surface area contributed by atoms with E-state index in [0.717, 1.165) is 16.7 Å². The number of aromatic amines is 1. The van der Waals surface area contributed by atoms with Gasteiger partial charge in [-0.3, -0.25) is 0 Å². The van der Waals surface area contributed by atoms with Crippen molar-refractivity contribution in [1.29, 1.82) is 0 Å². The van der Waals surface area contributed by atoms with Crippen molar-refractivity contribution in [2.75, 3.05) is 0 Å². The van der Waals surface area contributed by atoms with Crippen LogP contribution < -0.4 is 0 Å². The number of hydrogen-bond donors (Lipinski definition) is 1. The molecule has 1 heterocycles. The van der Waals surface area contributed by atoms with Crippen molar-refractivity contribution in [3.8, 4) is 11.4 Å². The molecule has 3 aromatic rings. The second-order valence-electron chi connectivity index (χ2n) is 4.78. The number of hydrogen-bond acceptors (Lipinski definition) is 3. The average molecular weight is 329 g/mol. The number of rotatable bonds is 3. The maximum absolute atomic E-state index is 5.88. The van der Waals surface area contributed by atoms with Gasteiger partial charge in [-0.25, -0.2) is 5.10 Å². The van der Waals surface area contributed by atoms with Crippen molar-refractivity contribution < 1.29 is 0 Å². The lowest BCUT2D eigenvalue weighted by atomic mass is 10.1. The van der Waals surface area contributed by atoms with E-state index in [2.05, 4.69) is 15.3 Å². The minimum Gasteiger partial charge on any atom is -0.250 e. The van der Waals surface area contributed by atoms with Gasteiger partial charge in [-0.05, 0) is 42.4 Å². The lowest BCUT2D eigenvalue weighted by molar-refractivity contribution is 0.871. The molecule has 0 atom stereocenters. The monoisotopic (exact) mass is 328 g/mol. The zero-order valence-corrected chi connectivity index (χ0v) is 13.4. The molecule has 0 saturated carbocycles. The molecular formula is C16H13ClN4S. The van der Waals surface area contributed by atoms with Gasteiger partial charge >= 0.3 is 0 Å². The van der Waals surface area contributed by atoms with E-state index < -0.39 is 0 Å². The fraction of sp³-hybridized carbons (Fsp3) is 0.0625. The molecule has 110 valence electrons. The van der Waals surface area contributed by atoms with E-state index in [-0.39, 0.29) is 0 Å².